The van der Waals surface area contributed by atoms with E-state index in [2.05, 4.69) is 20.7 Å². The molecule has 0 unspecified atom stereocenters. The minimum absolute atomic E-state index is 0.269. The topological polar surface area (TPSA) is 75.9 Å². The normalized spacial score (nSPS) is 10.2. The van der Waals surface area contributed by atoms with E-state index in [9.17, 15) is 4.39 Å². The fourth-order valence-corrected chi connectivity index (χ4v) is 1.62. The van der Waals surface area contributed by atoms with E-state index < -0.39 is 5.82 Å². The number of anilines is 3. The highest BCUT2D eigenvalue weighted by Gasteiger charge is 2.05. The number of hydrogen-bond acceptors (Lipinski definition) is 5. The summed E-state index contributed by atoms with van der Waals surface area (Å²) < 4.78 is 13.2. The van der Waals surface area contributed by atoms with E-state index in [-0.39, 0.29) is 5.95 Å². The average molecular weight is 268 g/mol. The van der Waals surface area contributed by atoms with Crippen LogP contribution < -0.4 is 16.6 Å². The van der Waals surface area contributed by atoms with E-state index in [0.29, 0.717) is 16.5 Å². The van der Waals surface area contributed by atoms with Gasteiger partial charge in [-0.15, -0.1) is 0 Å². The summed E-state index contributed by atoms with van der Waals surface area (Å²) in [4.78, 5) is 8.07. The van der Waals surface area contributed by atoms with Crippen LogP contribution in [0, 0.1) is 12.7 Å². The van der Waals surface area contributed by atoms with Gasteiger partial charge in [0.15, 0.2) is 0 Å². The Labute approximate surface area is 108 Å². The van der Waals surface area contributed by atoms with Gasteiger partial charge in [-0.3, -0.25) is 5.43 Å². The van der Waals surface area contributed by atoms with Crippen molar-refractivity contribution < 1.29 is 4.39 Å². The number of hydrogen-bond donors (Lipinski definition) is 3. The summed E-state index contributed by atoms with van der Waals surface area (Å²) >= 11 is 5.77. The third kappa shape index (κ3) is 2.85. The van der Waals surface area contributed by atoms with Crippen molar-refractivity contribution in [3.05, 3.63) is 40.8 Å². The Morgan fingerprint density at radius 2 is 2.11 bits per heavy atom. The van der Waals surface area contributed by atoms with Gasteiger partial charge in [0.05, 0.1) is 0 Å². The molecule has 0 bridgehead atoms. The molecule has 0 aliphatic heterocycles. The van der Waals surface area contributed by atoms with Gasteiger partial charge >= 0.3 is 0 Å². The Kier molecular flexibility index (Phi) is 3.59. The van der Waals surface area contributed by atoms with Gasteiger partial charge in [0.2, 0.25) is 5.95 Å². The summed E-state index contributed by atoms with van der Waals surface area (Å²) in [6, 6.07) is 4.15. The summed E-state index contributed by atoms with van der Waals surface area (Å²) in [7, 11) is 0. The first kappa shape index (κ1) is 12.5. The number of hydrazine groups is 1. The van der Waals surface area contributed by atoms with Crippen molar-refractivity contribution >= 4 is 29.1 Å². The van der Waals surface area contributed by atoms with E-state index >= 15 is 0 Å². The van der Waals surface area contributed by atoms with Crippen molar-refractivity contribution in [3.63, 3.8) is 0 Å². The molecule has 0 radical (unpaired) electrons. The zero-order valence-corrected chi connectivity index (χ0v) is 10.3. The van der Waals surface area contributed by atoms with Gasteiger partial charge in [-0.1, -0.05) is 11.6 Å². The van der Waals surface area contributed by atoms with Crippen LogP contribution in [0.1, 0.15) is 5.56 Å². The molecule has 1 aromatic carbocycles. The third-order valence-electron chi connectivity index (χ3n) is 2.23. The molecule has 0 saturated carbocycles. The molecule has 1 heterocycles. The van der Waals surface area contributed by atoms with Crippen molar-refractivity contribution in [1.29, 1.82) is 0 Å². The number of aryl methyl sites for hydroxylation is 1. The van der Waals surface area contributed by atoms with Crippen molar-refractivity contribution in [2.45, 2.75) is 6.92 Å². The second kappa shape index (κ2) is 5.16. The molecule has 7 heteroatoms. The maximum atomic E-state index is 13.2. The smallest absolute Gasteiger partial charge is 0.239 e. The Balaban J connectivity index is 2.33. The molecule has 0 aliphatic carbocycles. The highest BCUT2D eigenvalue weighted by molar-refractivity contribution is 6.30. The van der Waals surface area contributed by atoms with Crippen LogP contribution in [0.2, 0.25) is 5.02 Å². The number of nitrogens with zero attached hydrogens (tertiary/aromatic N) is 2. The number of benzene rings is 1. The van der Waals surface area contributed by atoms with Gasteiger partial charge in [-0.2, -0.15) is 4.98 Å². The monoisotopic (exact) mass is 267 g/mol. The quantitative estimate of drug-likeness (QED) is 0.589. The summed E-state index contributed by atoms with van der Waals surface area (Å²) in [5, 5.41) is 3.26. The van der Waals surface area contributed by atoms with Gasteiger partial charge in [-0.25, -0.2) is 15.2 Å². The van der Waals surface area contributed by atoms with E-state index in [1.54, 1.807) is 12.3 Å². The summed E-state index contributed by atoms with van der Waals surface area (Å²) in [5.41, 5.74) is 3.65. The first-order chi connectivity index (χ1) is 8.58. The zero-order valence-electron chi connectivity index (χ0n) is 9.54. The molecule has 18 heavy (non-hydrogen) atoms. The molecule has 5 nitrogen and oxygen atoms in total. The lowest BCUT2D eigenvalue weighted by Crippen LogP contribution is -2.11. The molecule has 0 fully saturated rings. The van der Waals surface area contributed by atoms with Crippen LogP contribution in [-0.2, 0) is 0 Å². The van der Waals surface area contributed by atoms with E-state index in [0.717, 1.165) is 5.56 Å². The fraction of sp³-hybridized carbons (Fsp3) is 0.0909. The predicted molar refractivity (Wildman–Crippen MR) is 69.3 cm³/mol. The van der Waals surface area contributed by atoms with Crippen LogP contribution >= 0.6 is 11.6 Å². The van der Waals surface area contributed by atoms with E-state index in [4.69, 9.17) is 17.4 Å². The zero-order chi connectivity index (χ0) is 13.1. The Hall–Kier alpha value is -1.92. The third-order valence-corrected chi connectivity index (χ3v) is 2.44. The van der Waals surface area contributed by atoms with Crippen LogP contribution in [0.3, 0.4) is 0 Å². The molecule has 0 amide bonds. The average Bonchev–Trinajstić information content (AvgIpc) is 2.30. The minimum atomic E-state index is -0.422. The number of rotatable bonds is 3. The fourth-order valence-electron chi connectivity index (χ4n) is 1.40. The summed E-state index contributed by atoms with van der Waals surface area (Å²) in [6.45, 7) is 1.82. The lowest BCUT2D eigenvalue weighted by molar-refractivity contribution is 0.628. The van der Waals surface area contributed by atoms with Crippen LogP contribution in [0.15, 0.2) is 24.4 Å². The van der Waals surface area contributed by atoms with Gasteiger partial charge in [-0.05, 0) is 25.1 Å². The van der Waals surface area contributed by atoms with Crippen LogP contribution in [0.4, 0.5) is 21.8 Å². The Morgan fingerprint density at radius 3 is 2.78 bits per heavy atom. The SMILES string of the molecule is Cc1cnc(NN)nc1Nc1cc(F)cc(Cl)c1. The van der Waals surface area contributed by atoms with Crippen LogP contribution in [-0.4, -0.2) is 9.97 Å². The number of halogens is 2. The Morgan fingerprint density at radius 1 is 1.33 bits per heavy atom. The van der Waals surface area contributed by atoms with Gasteiger partial charge in [0.25, 0.3) is 0 Å². The van der Waals surface area contributed by atoms with E-state index in [1.807, 2.05) is 6.92 Å². The highest BCUT2D eigenvalue weighted by atomic mass is 35.5. The molecule has 0 aliphatic rings. The maximum Gasteiger partial charge on any atom is 0.239 e. The highest BCUT2D eigenvalue weighted by Crippen LogP contribution is 2.23. The number of aromatic nitrogens is 2. The van der Waals surface area contributed by atoms with E-state index in [1.165, 1.54) is 12.1 Å². The molecule has 2 aromatic rings. The molecular weight excluding hydrogens is 257 g/mol. The van der Waals surface area contributed by atoms with Crippen molar-refractivity contribution in [2.75, 3.05) is 10.7 Å². The standard InChI is InChI=1S/C11H11ClFN5/c1-6-5-15-11(18-14)17-10(6)16-9-3-7(12)2-8(13)4-9/h2-5H,14H2,1H3,(H2,15,16,17,18). The lowest BCUT2D eigenvalue weighted by Gasteiger charge is -2.10. The Bertz CT molecular complexity index is 555. The molecule has 0 saturated heterocycles. The first-order valence-electron chi connectivity index (χ1n) is 5.12. The minimum Gasteiger partial charge on any atom is -0.340 e. The lowest BCUT2D eigenvalue weighted by atomic mass is 10.3. The molecule has 2 rings (SSSR count). The molecule has 0 atom stereocenters. The van der Waals surface area contributed by atoms with Gasteiger partial charge in [0, 0.05) is 22.5 Å². The second-order valence-electron chi connectivity index (χ2n) is 3.65. The number of nitrogen functional groups attached to an aromatic ring is 1. The molecule has 0 spiro atoms. The summed E-state index contributed by atoms with van der Waals surface area (Å²) in [6.07, 6.45) is 1.60. The molecular formula is C11H11ClFN5. The van der Waals surface area contributed by atoms with Gasteiger partial charge in [0.1, 0.15) is 11.6 Å². The number of nitrogens with one attached hydrogen (secondary N) is 2. The van der Waals surface area contributed by atoms with Gasteiger partial charge < -0.3 is 5.32 Å². The molecule has 4 N–H and O–H groups in total. The second-order valence-corrected chi connectivity index (χ2v) is 4.09. The molecule has 94 valence electrons. The van der Waals surface area contributed by atoms with Crippen molar-refractivity contribution in [1.82, 2.24) is 9.97 Å². The predicted octanol–water partition coefficient (Wildman–Crippen LogP) is 2.61. The summed E-state index contributed by atoms with van der Waals surface area (Å²) in [5.74, 6) is 5.60. The van der Waals surface area contributed by atoms with Crippen LogP contribution in [0.25, 0.3) is 0 Å². The first-order valence-corrected chi connectivity index (χ1v) is 5.49. The molecule has 1 aromatic heterocycles. The van der Waals surface area contributed by atoms with Crippen molar-refractivity contribution in [2.24, 2.45) is 5.84 Å². The van der Waals surface area contributed by atoms with Crippen molar-refractivity contribution in [3.8, 4) is 0 Å². The maximum absolute atomic E-state index is 13.2. The number of nitrogens with two attached hydrogens (primary N) is 1. The van der Waals surface area contributed by atoms with Crippen LogP contribution in [0.5, 0.6) is 0 Å². The largest absolute Gasteiger partial charge is 0.340 e.